The van der Waals surface area contributed by atoms with E-state index in [1.807, 2.05) is 0 Å². The number of rotatable bonds is 3. The van der Waals surface area contributed by atoms with Gasteiger partial charge in [0.15, 0.2) is 0 Å². The molecule has 2 atom stereocenters. The normalized spacial score (nSPS) is 24.9. The van der Waals surface area contributed by atoms with Crippen molar-refractivity contribution in [2.75, 3.05) is 0 Å². The minimum absolute atomic E-state index is 0.738. The molecule has 1 aromatic rings. The second-order valence-electron chi connectivity index (χ2n) is 5.31. The summed E-state index contributed by atoms with van der Waals surface area (Å²) < 4.78 is 0. The van der Waals surface area contributed by atoms with Crippen molar-refractivity contribution in [2.45, 2.75) is 52.6 Å². The molecule has 0 aromatic heterocycles. The van der Waals surface area contributed by atoms with Gasteiger partial charge in [-0.25, -0.2) is 0 Å². The number of hydrogen-bond donors (Lipinski definition) is 1. The van der Waals surface area contributed by atoms with Crippen LogP contribution in [-0.4, -0.2) is 6.04 Å². The van der Waals surface area contributed by atoms with E-state index in [1.54, 1.807) is 0 Å². The number of hydrogen-bond acceptors (Lipinski definition) is 1. The van der Waals surface area contributed by atoms with E-state index < -0.39 is 0 Å². The Morgan fingerprint density at radius 2 is 2.00 bits per heavy atom. The van der Waals surface area contributed by atoms with Crippen molar-refractivity contribution in [1.29, 1.82) is 0 Å². The summed E-state index contributed by atoms with van der Waals surface area (Å²) >= 11 is 0. The molecule has 0 radical (unpaired) electrons. The molecule has 1 saturated carbocycles. The maximum Gasteiger partial charge on any atom is 0.0208 e. The minimum Gasteiger partial charge on any atom is -0.310 e. The average Bonchev–Trinajstić information content (AvgIpc) is 2.66. The molecule has 1 nitrogen and oxygen atoms in total. The largest absolute Gasteiger partial charge is 0.310 e. The van der Waals surface area contributed by atoms with E-state index in [4.69, 9.17) is 0 Å². The molecule has 1 heteroatoms. The Morgan fingerprint density at radius 3 is 2.62 bits per heavy atom. The second-order valence-corrected chi connectivity index (χ2v) is 5.31. The predicted octanol–water partition coefficient (Wildman–Crippen LogP) is 3.58. The van der Waals surface area contributed by atoms with Gasteiger partial charge in [-0.05, 0) is 49.3 Å². The standard InChI is InChI=1S/C15H23N/c1-11-7-8-14(9-13(11)3)10-16-15-6-4-5-12(15)2/h7-9,12,15-16H,4-6,10H2,1-3H3. The molecular weight excluding hydrogens is 194 g/mol. The first kappa shape index (κ1) is 11.7. The van der Waals surface area contributed by atoms with E-state index in [9.17, 15) is 0 Å². The van der Waals surface area contributed by atoms with E-state index in [-0.39, 0.29) is 0 Å². The van der Waals surface area contributed by atoms with Gasteiger partial charge in [0.1, 0.15) is 0 Å². The Balaban J connectivity index is 1.91. The summed E-state index contributed by atoms with van der Waals surface area (Å²) in [6, 6.07) is 7.52. The van der Waals surface area contributed by atoms with Crippen LogP contribution in [0.1, 0.15) is 42.9 Å². The summed E-state index contributed by atoms with van der Waals surface area (Å²) in [5.41, 5.74) is 4.21. The first-order valence-electron chi connectivity index (χ1n) is 6.46. The van der Waals surface area contributed by atoms with Crippen LogP contribution in [0, 0.1) is 19.8 Å². The van der Waals surface area contributed by atoms with Crippen LogP contribution in [0.15, 0.2) is 18.2 Å². The molecule has 0 saturated heterocycles. The monoisotopic (exact) mass is 217 g/mol. The van der Waals surface area contributed by atoms with Crippen LogP contribution in [0.3, 0.4) is 0 Å². The van der Waals surface area contributed by atoms with E-state index in [1.165, 1.54) is 36.0 Å². The van der Waals surface area contributed by atoms with Crippen LogP contribution in [-0.2, 0) is 6.54 Å². The molecule has 1 fully saturated rings. The molecule has 88 valence electrons. The molecule has 0 spiro atoms. The molecule has 1 aliphatic rings. The summed E-state index contributed by atoms with van der Waals surface area (Å²) in [6.45, 7) is 7.75. The molecule has 16 heavy (non-hydrogen) atoms. The molecule has 0 bridgehead atoms. The van der Waals surface area contributed by atoms with Gasteiger partial charge in [0.05, 0.1) is 0 Å². The highest BCUT2D eigenvalue weighted by Gasteiger charge is 2.22. The Morgan fingerprint density at radius 1 is 1.19 bits per heavy atom. The van der Waals surface area contributed by atoms with Crippen LogP contribution in [0.2, 0.25) is 0 Å². The third-order valence-corrected chi connectivity index (χ3v) is 4.00. The van der Waals surface area contributed by atoms with Gasteiger partial charge in [0, 0.05) is 12.6 Å². The van der Waals surface area contributed by atoms with Crippen LogP contribution in [0.25, 0.3) is 0 Å². The average molecular weight is 217 g/mol. The maximum atomic E-state index is 3.69. The van der Waals surface area contributed by atoms with Crippen LogP contribution in [0.4, 0.5) is 0 Å². The van der Waals surface area contributed by atoms with Gasteiger partial charge >= 0.3 is 0 Å². The highest BCUT2D eigenvalue weighted by molar-refractivity contribution is 5.29. The Hall–Kier alpha value is -0.820. The Labute approximate surface area is 99.3 Å². The first-order valence-corrected chi connectivity index (χ1v) is 6.46. The topological polar surface area (TPSA) is 12.0 Å². The van der Waals surface area contributed by atoms with E-state index in [0.29, 0.717) is 0 Å². The van der Waals surface area contributed by atoms with Crippen molar-refractivity contribution >= 4 is 0 Å². The van der Waals surface area contributed by atoms with Gasteiger partial charge in [-0.3, -0.25) is 0 Å². The quantitative estimate of drug-likeness (QED) is 0.816. The first-order chi connectivity index (χ1) is 7.66. The van der Waals surface area contributed by atoms with Gasteiger partial charge < -0.3 is 5.32 Å². The SMILES string of the molecule is Cc1ccc(CNC2CCCC2C)cc1C. The molecule has 0 amide bonds. The zero-order valence-electron chi connectivity index (χ0n) is 10.7. The minimum atomic E-state index is 0.738. The van der Waals surface area contributed by atoms with Crippen molar-refractivity contribution in [2.24, 2.45) is 5.92 Å². The molecule has 0 heterocycles. The fourth-order valence-corrected chi connectivity index (χ4v) is 2.61. The Bertz CT molecular complexity index is 356. The lowest BCUT2D eigenvalue weighted by Crippen LogP contribution is -2.30. The van der Waals surface area contributed by atoms with Crippen LogP contribution < -0.4 is 5.32 Å². The third kappa shape index (κ3) is 2.65. The summed E-state index contributed by atoms with van der Waals surface area (Å²) in [4.78, 5) is 0. The molecule has 2 unspecified atom stereocenters. The number of nitrogens with one attached hydrogen (secondary N) is 1. The smallest absolute Gasteiger partial charge is 0.0208 e. The zero-order valence-corrected chi connectivity index (χ0v) is 10.7. The van der Waals surface area contributed by atoms with Gasteiger partial charge in [0.25, 0.3) is 0 Å². The molecular formula is C15H23N. The lowest BCUT2D eigenvalue weighted by Gasteiger charge is -2.17. The van der Waals surface area contributed by atoms with Crippen molar-refractivity contribution in [3.05, 3.63) is 34.9 Å². The van der Waals surface area contributed by atoms with E-state index in [0.717, 1.165) is 18.5 Å². The summed E-state index contributed by atoms with van der Waals surface area (Å²) in [5, 5.41) is 3.69. The van der Waals surface area contributed by atoms with Crippen molar-refractivity contribution in [3.8, 4) is 0 Å². The fourth-order valence-electron chi connectivity index (χ4n) is 2.61. The number of aryl methyl sites for hydroxylation is 2. The molecule has 2 rings (SSSR count). The van der Waals surface area contributed by atoms with Crippen molar-refractivity contribution in [1.82, 2.24) is 5.32 Å². The van der Waals surface area contributed by atoms with Crippen molar-refractivity contribution in [3.63, 3.8) is 0 Å². The third-order valence-electron chi connectivity index (χ3n) is 4.00. The van der Waals surface area contributed by atoms with E-state index in [2.05, 4.69) is 44.3 Å². The van der Waals surface area contributed by atoms with Crippen LogP contribution >= 0.6 is 0 Å². The summed E-state index contributed by atoms with van der Waals surface area (Å²) in [5.74, 6) is 0.853. The van der Waals surface area contributed by atoms with E-state index >= 15 is 0 Å². The Kier molecular flexibility index (Phi) is 3.65. The molecule has 0 aliphatic heterocycles. The van der Waals surface area contributed by atoms with Crippen LogP contribution in [0.5, 0.6) is 0 Å². The molecule has 1 aliphatic carbocycles. The predicted molar refractivity (Wildman–Crippen MR) is 69.6 cm³/mol. The molecule has 1 aromatic carbocycles. The lowest BCUT2D eigenvalue weighted by molar-refractivity contribution is 0.426. The van der Waals surface area contributed by atoms with Gasteiger partial charge in [0.2, 0.25) is 0 Å². The van der Waals surface area contributed by atoms with Crippen molar-refractivity contribution < 1.29 is 0 Å². The fraction of sp³-hybridized carbons (Fsp3) is 0.600. The summed E-state index contributed by atoms with van der Waals surface area (Å²) in [7, 11) is 0. The maximum absolute atomic E-state index is 3.69. The lowest BCUT2D eigenvalue weighted by atomic mass is 10.0. The van der Waals surface area contributed by atoms with Gasteiger partial charge in [-0.1, -0.05) is 31.5 Å². The second kappa shape index (κ2) is 5.01. The molecule has 1 N–H and O–H groups in total. The zero-order chi connectivity index (χ0) is 11.5. The van der Waals surface area contributed by atoms with Gasteiger partial charge in [-0.2, -0.15) is 0 Å². The summed E-state index contributed by atoms with van der Waals surface area (Å²) in [6.07, 6.45) is 4.14. The number of benzene rings is 1. The highest BCUT2D eigenvalue weighted by Crippen LogP contribution is 2.25. The highest BCUT2D eigenvalue weighted by atomic mass is 14.9. The van der Waals surface area contributed by atoms with Gasteiger partial charge in [-0.15, -0.1) is 0 Å².